The molecule has 10 heteroatoms. The summed E-state index contributed by atoms with van der Waals surface area (Å²) in [5.74, 6) is 2.07. The molecule has 0 saturated heterocycles. The van der Waals surface area contributed by atoms with Gasteiger partial charge in [-0.05, 0) is 105 Å². The second-order valence-electron chi connectivity index (χ2n) is 11.1. The van der Waals surface area contributed by atoms with Gasteiger partial charge in [-0.1, -0.05) is 12.7 Å². The van der Waals surface area contributed by atoms with E-state index in [9.17, 15) is 9.47 Å². The van der Waals surface area contributed by atoms with E-state index in [1.807, 2.05) is 0 Å². The molecule has 0 bridgehead atoms. The minimum absolute atomic E-state index is 0.276. The number of benzene rings is 1. The average molecular weight is 557 g/mol. The summed E-state index contributed by atoms with van der Waals surface area (Å²) in [4.78, 5) is 15.9. The maximum absolute atomic E-state index is 12.2. The number of rotatable bonds is 7. The number of hydrogen-bond acceptors (Lipinski definition) is 9. The van der Waals surface area contributed by atoms with Crippen LogP contribution in [-0.4, -0.2) is 56.7 Å². The van der Waals surface area contributed by atoms with Crippen molar-refractivity contribution in [3.63, 3.8) is 0 Å². The highest BCUT2D eigenvalue weighted by molar-refractivity contribution is 7.92. The predicted molar refractivity (Wildman–Crippen MR) is 162 cm³/mol. The van der Waals surface area contributed by atoms with Crippen molar-refractivity contribution < 1.29 is 4.21 Å². The Bertz CT molecular complexity index is 1610. The summed E-state index contributed by atoms with van der Waals surface area (Å²) in [6.45, 7) is 3.83. The summed E-state index contributed by atoms with van der Waals surface area (Å²) < 4.78 is 16.5. The van der Waals surface area contributed by atoms with Gasteiger partial charge in [0.2, 0.25) is 5.95 Å². The Morgan fingerprint density at radius 1 is 1.12 bits per heavy atom. The van der Waals surface area contributed by atoms with Crippen LogP contribution in [0.25, 0.3) is 6.08 Å². The number of nitrogens with one attached hydrogen (secondary N) is 2. The molecular weight excluding hydrogens is 520 g/mol. The molecule has 2 atom stereocenters. The number of anilines is 4. The van der Waals surface area contributed by atoms with Crippen molar-refractivity contribution in [1.82, 2.24) is 19.9 Å². The van der Waals surface area contributed by atoms with Crippen molar-refractivity contribution in [3.8, 4) is 6.07 Å². The molecule has 1 aromatic carbocycles. The van der Waals surface area contributed by atoms with Gasteiger partial charge in [-0.2, -0.15) is 14.6 Å². The molecule has 0 saturated carbocycles. The van der Waals surface area contributed by atoms with Gasteiger partial charge in [0, 0.05) is 34.0 Å². The third-order valence-electron chi connectivity index (χ3n) is 7.59. The summed E-state index contributed by atoms with van der Waals surface area (Å²) in [6.07, 6.45) is 13.3. The number of aromatic nitrogens is 3. The molecule has 3 aromatic rings. The summed E-state index contributed by atoms with van der Waals surface area (Å²) in [5, 5.41) is 16.3. The lowest BCUT2D eigenvalue weighted by molar-refractivity contribution is 0.271. The van der Waals surface area contributed by atoms with E-state index < -0.39 is 9.73 Å². The fraction of sp³-hybridized carbons (Fsp3) is 0.400. The lowest BCUT2D eigenvalue weighted by Gasteiger charge is -2.27. The molecule has 0 radical (unpaired) electrons. The number of aryl methyl sites for hydroxylation is 1. The smallest absolute Gasteiger partial charge is 0.229 e. The minimum Gasteiger partial charge on any atom is -0.324 e. The number of likely N-dealkylation sites (N-methyl/N-ethyl adjacent to an activating group) is 1. The van der Waals surface area contributed by atoms with Crippen LogP contribution in [0.1, 0.15) is 59.4 Å². The van der Waals surface area contributed by atoms with Crippen molar-refractivity contribution in [3.05, 3.63) is 64.9 Å². The van der Waals surface area contributed by atoms with Gasteiger partial charge in [0.15, 0.2) is 11.6 Å². The van der Waals surface area contributed by atoms with Crippen LogP contribution in [0.4, 0.5) is 29.1 Å². The Kier molecular flexibility index (Phi) is 7.88. The van der Waals surface area contributed by atoms with Crippen LogP contribution < -0.4 is 10.6 Å². The molecule has 2 N–H and O–H groups in total. The first-order valence-corrected chi connectivity index (χ1v) is 15.9. The molecule has 0 fully saturated rings. The zero-order valence-corrected chi connectivity index (χ0v) is 24.4. The largest absolute Gasteiger partial charge is 0.324 e. The Morgan fingerprint density at radius 3 is 2.65 bits per heavy atom. The Morgan fingerprint density at radius 2 is 1.93 bits per heavy atom. The molecular formula is C30H36N8OS. The van der Waals surface area contributed by atoms with Gasteiger partial charge in [-0.3, -0.25) is 0 Å². The normalized spacial score (nSPS) is 18.3. The SMILES string of the molecule is C=Cc1cc(N=S(C)(C)=O)nc(Nc2nc(Nc3cc4c5c(c3)CC(N(C)C)CCC5CCC4)ncc2C#N)c1. The zero-order chi connectivity index (χ0) is 28.4. The number of hydrogen-bond donors (Lipinski definition) is 2. The second-order valence-corrected chi connectivity index (χ2v) is 13.7. The first-order valence-electron chi connectivity index (χ1n) is 13.6. The minimum atomic E-state index is -2.41. The van der Waals surface area contributed by atoms with Crippen molar-refractivity contribution in [1.29, 1.82) is 5.26 Å². The Balaban J connectivity index is 1.47. The van der Waals surface area contributed by atoms with Crippen LogP contribution in [0.15, 0.2) is 41.4 Å². The van der Waals surface area contributed by atoms with Crippen LogP contribution in [-0.2, 0) is 22.6 Å². The molecule has 5 rings (SSSR count). The highest BCUT2D eigenvalue weighted by atomic mass is 32.2. The number of nitrogens with zero attached hydrogens (tertiary/aromatic N) is 6. The fourth-order valence-electron chi connectivity index (χ4n) is 5.77. The highest BCUT2D eigenvalue weighted by Crippen LogP contribution is 2.42. The van der Waals surface area contributed by atoms with Crippen molar-refractivity contribution >= 4 is 44.9 Å². The standard InChI is InChI=1S/C30H36N8OS/c1-6-19-12-26(34-27(13-19)37-40(4,5)39)35-29-23(17-31)18-32-30(36-29)33-24-14-21-9-7-8-20-10-11-25(38(2)3)16-22(15-24)28(20)21/h6,12-15,18,20,25H,1,7-11,16H2,2-5H3,(H2,32,33,34,35,36). The molecule has 0 amide bonds. The zero-order valence-electron chi connectivity index (χ0n) is 23.6. The van der Waals surface area contributed by atoms with Crippen LogP contribution in [0.3, 0.4) is 0 Å². The van der Waals surface area contributed by atoms with Gasteiger partial charge in [-0.25, -0.2) is 14.2 Å². The van der Waals surface area contributed by atoms with Crippen molar-refractivity contribution in [2.75, 3.05) is 37.2 Å². The van der Waals surface area contributed by atoms with E-state index in [4.69, 9.17) is 0 Å². The molecule has 2 aliphatic carbocycles. The lowest BCUT2D eigenvalue weighted by atomic mass is 9.79. The topological polar surface area (TPSA) is 119 Å². The van der Waals surface area contributed by atoms with Gasteiger partial charge >= 0.3 is 0 Å². The van der Waals surface area contributed by atoms with Gasteiger partial charge in [-0.15, -0.1) is 0 Å². The molecule has 2 unspecified atom stereocenters. The molecule has 2 aliphatic rings. The monoisotopic (exact) mass is 556 g/mol. The van der Waals surface area contributed by atoms with Crippen LogP contribution in [0.5, 0.6) is 0 Å². The summed E-state index contributed by atoms with van der Waals surface area (Å²) in [5.41, 5.74) is 6.38. The van der Waals surface area contributed by atoms with Gasteiger partial charge in [0.05, 0.1) is 6.20 Å². The lowest BCUT2D eigenvalue weighted by Crippen LogP contribution is -2.29. The van der Waals surface area contributed by atoms with E-state index in [0.29, 0.717) is 35.4 Å². The number of nitriles is 1. The third-order valence-corrected chi connectivity index (χ3v) is 8.21. The Hall–Kier alpha value is -3.81. The average Bonchev–Trinajstić information content (AvgIpc) is 3.08. The van der Waals surface area contributed by atoms with Gasteiger partial charge in [0.25, 0.3) is 0 Å². The van der Waals surface area contributed by atoms with E-state index in [1.54, 1.807) is 36.3 Å². The fourth-order valence-corrected chi connectivity index (χ4v) is 6.32. The van der Waals surface area contributed by atoms with E-state index in [2.05, 4.69) is 73.7 Å². The molecule has 2 heterocycles. The molecule has 40 heavy (non-hydrogen) atoms. The van der Waals surface area contributed by atoms with Crippen LogP contribution in [0.2, 0.25) is 0 Å². The first-order chi connectivity index (χ1) is 19.1. The van der Waals surface area contributed by atoms with Crippen LogP contribution >= 0.6 is 0 Å². The molecule has 0 spiro atoms. The van der Waals surface area contributed by atoms with E-state index in [1.165, 1.54) is 43.0 Å². The number of pyridine rings is 1. The maximum atomic E-state index is 12.2. The molecule has 9 nitrogen and oxygen atoms in total. The van der Waals surface area contributed by atoms with Crippen LogP contribution in [0, 0.1) is 11.3 Å². The Labute approximate surface area is 237 Å². The third kappa shape index (κ3) is 6.32. The van der Waals surface area contributed by atoms with E-state index in [0.717, 1.165) is 24.1 Å². The molecule has 2 aromatic heterocycles. The first kappa shape index (κ1) is 27.7. The summed E-state index contributed by atoms with van der Waals surface area (Å²) in [6, 6.07) is 10.6. The van der Waals surface area contributed by atoms with Crippen molar-refractivity contribution in [2.45, 2.75) is 50.5 Å². The van der Waals surface area contributed by atoms with Gasteiger partial charge in [0.1, 0.15) is 17.5 Å². The summed E-state index contributed by atoms with van der Waals surface area (Å²) in [7, 11) is 1.94. The van der Waals surface area contributed by atoms with Crippen molar-refractivity contribution in [2.24, 2.45) is 4.36 Å². The van der Waals surface area contributed by atoms with E-state index in [-0.39, 0.29) is 5.56 Å². The van der Waals surface area contributed by atoms with E-state index >= 15 is 0 Å². The second kappa shape index (κ2) is 11.4. The van der Waals surface area contributed by atoms with Gasteiger partial charge < -0.3 is 15.5 Å². The quantitative estimate of drug-likeness (QED) is 0.368. The highest BCUT2D eigenvalue weighted by Gasteiger charge is 2.29. The maximum Gasteiger partial charge on any atom is 0.229 e. The molecule has 0 aliphatic heterocycles. The summed E-state index contributed by atoms with van der Waals surface area (Å²) >= 11 is 0. The molecule has 208 valence electrons. The predicted octanol–water partition coefficient (Wildman–Crippen LogP) is 5.92.